The lowest BCUT2D eigenvalue weighted by Gasteiger charge is -2.14. The summed E-state index contributed by atoms with van der Waals surface area (Å²) >= 11 is 9.44. The zero-order valence-electron chi connectivity index (χ0n) is 12.9. The molecule has 0 bridgehead atoms. The minimum atomic E-state index is -0.224. The van der Waals surface area contributed by atoms with E-state index in [1.54, 1.807) is 36.4 Å². The highest BCUT2D eigenvalue weighted by atomic mass is 79.9. The molecule has 0 unspecified atom stereocenters. The molecule has 124 valence electrons. The molecular weight excluding hydrogens is 394 g/mol. The molecule has 0 atom stereocenters. The quantitative estimate of drug-likeness (QED) is 0.742. The van der Waals surface area contributed by atoms with Crippen molar-refractivity contribution < 1.29 is 9.53 Å². The number of rotatable bonds is 6. The van der Waals surface area contributed by atoms with Gasteiger partial charge in [-0.2, -0.15) is 5.26 Å². The van der Waals surface area contributed by atoms with Gasteiger partial charge in [-0.3, -0.25) is 4.79 Å². The Morgan fingerprint density at radius 2 is 2.04 bits per heavy atom. The number of nitriles is 1. The summed E-state index contributed by atoms with van der Waals surface area (Å²) in [4.78, 5) is 12.1. The van der Waals surface area contributed by atoms with Crippen molar-refractivity contribution in [3.8, 4) is 11.8 Å². The smallest absolute Gasteiger partial charge is 0.243 e. The third-order valence-corrected chi connectivity index (χ3v) is 3.84. The maximum atomic E-state index is 12.1. The number of halogens is 2. The van der Waals surface area contributed by atoms with Crippen LogP contribution in [-0.2, 0) is 4.79 Å². The molecule has 2 N–H and O–H groups in total. The van der Waals surface area contributed by atoms with Crippen LogP contribution in [0.1, 0.15) is 12.5 Å². The Morgan fingerprint density at radius 1 is 1.33 bits per heavy atom. The molecule has 0 radical (unpaired) electrons. The van der Waals surface area contributed by atoms with Gasteiger partial charge in [0, 0.05) is 10.7 Å². The maximum Gasteiger partial charge on any atom is 0.243 e. The van der Waals surface area contributed by atoms with Crippen LogP contribution in [0.5, 0.6) is 5.75 Å². The molecule has 0 aliphatic heterocycles. The van der Waals surface area contributed by atoms with Crippen molar-refractivity contribution in [2.45, 2.75) is 6.92 Å². The zero-order valence-corrected chi connectivity index (χ0v) is 15.2. The molecule has 0 saturated carbocycles. The van der Waals surface area contributed by atoms with Gasteiger partial charge in [0.1, 0.15) is 0 Å². The molecule has 2 aromatic rings. The van der Waals surface area contributed by atoms with Crippen molar-refractivity contribution in [3.63, 3.8) is 0 Å². The number of hydrogen-bond donors (Lipinski definition) is 2. The number of carbonyl (C=O) groups excluding carboxylic acids is 1. The highest BCUT2D eigenvalue weighted by Gasteiger charge is 2.11. The second kappa shape index (κ2) is 8.57. The van der Waals surface area contributed by atoms with Crippen LogP contribution in [0.3, 0.4) is 0 Å². The van der Waals surface area contributed by atoms with Gasteiger partial charge in [0.2, 0.25) is 5.91 Å². The van der Waals surface area contributed by atoms with Crippen LogP contribution in [0.2, 0.25) is 5.02 Å². The fourth-order valence-corrected chi connectivity index (χ4v) is 2.92. The topological polar surface area (TPSA) is 74.2 Å². The van der Waals surface area contributed by atoms with E-state index in [2.05, 4.69) is 26.6 Å². The third-order valence-electron chi connectivity index (χ3n) is 3.03. The van der Waals surface area contributed by atoms with E-state index in [9.17, 15) is 4.79 Å². The average molecular weight is 409 g/mol. The summed E-state index contributed by atoms with van der Waals surface area (Å²) in [6.45, 7) is 2.42. The van der Waals surface area contributed by atoms with E-state index in [1.165, 1.54) is 0 Å². The van der Waals surface area contributed by atoms with Crippen molar-refractivity contribution in [1.82, 2.24) is 0 Å². The Bertz CT molecular complexity index is 773. The number of ether oxygens (including phenoxy) is 1. The summed E-state index contributed by atoms with van der Waals surface area (Å²) in [7, 11) is 0. The lowest BCUT2D eigenvalue weighted by atomic mass is 10.2. The van der Waals surface area contributed by atoms with E-state index in [0.29, 0.717) is 38.8 Å². The van der Waals surface area contributed by atoms with E-state index in [0.717, 1.165) is 0 Å². The molecule has 1 amide bonds. The van der Waals surface area contributed by atoms with Gasteiger partial charge >= 0.3 is 0 Å². The molecule has 0 heterocycles. The molecule has 2 aromatic carbocycles. The van der Waals surface area contributed by atoms with Crippen LogP contribution in [-0.4, -0.2) is 19.1 Å². The number of amides is 1. The van der Waals surface area contributed by atoms with Gasteiger partial charge in [0.25, 0.3) is 0 Å². The first kappa shape index (κ1) is 18.1. The minimum absolute atomic E-state index is 0.0485. The van der Waals surface area contributed by atoms with Crippen molar-refractivity contribution in [2.24, 2.45) is 0 Å². The molecule has 0 aliphatic carbocycles. The van der Waals surface area contributed by atoms with E-state index in [4.69, 9.17) is 21.6 Å². The number of anilines is 2. The van der Waals surface area contributed by atoms with Crippen LogP contribution >= 0.6 is 27.5 Å². The normalized spacial score (nSPS) is 9.92. The highest BCUT2D eigenvalue weighted by Crippen LogP contribution is 2.36. The lowest BCUT2D eigenvalue weighted by molar-refractivity contribution is -0.114. The number of nitrogens with zero attached hydrogens (tertiary/aromatic N) is 1. The standard InChI is InChI=1S/C17H15BrClN3O2/c1-2-24-17-14(18)7-12(19)8-15(17)21-10-16(23)22-13-5-3-11(9-20)4-6-13/h3-8,21H,2,10H2,1H3,(H,22,23). The summed E-state index contributed by atoms with van der Waals surface area (Å²) in [6.07, 6.45) is 0. The first-order chi connectivity index (χ1) is 11.5. The number of hydrogen-bond acceptors (Lipinski definition) is 4. The number of carbonyl (C=O) groups is 1. The molecule has 0 spiro atoms. The van der Waals surface area contributed by atoms with Crippen molar-refractivity contribution in [2.75, 3.05) is 23.8 Å². The van der Waals surface area contributed by atoms with Gasteiger partial charge in [-0.1, -0.05) is 11.6 Å². The Morgan fingerprint density at radius 3 is 2.67 bits per heavy atom. The Kier molecular flexibility index (Phi) is 6.47. The highest BCUT2D eigenvalue weighted by molar-refractivity contribution is 9.10. The van der Waals surface area contributed by atoms with Crippen LogP contribution in [0.4, 0.5) is 11.4 Å². The molecule has 7 heteroatoms. The average Bonchev–Trinajstić information content (AvgIpc) is 2.56. The van der Waals surface area contributed by atoms with Gasteiger partial charge in [0.15, 0.2) is 5.75 Å². The van der Waals surface area contributed by atoms with Gasteiger partial charge in [-0.15, -0.1) is 0 Å². The molecular formula is C17H15BrClN3O2. The van der Waals surface area contributed by atoms with Gasteiger partial charge < -0.3 is 15.4 Å². The summed E-state index contributed by atoms with van der Waals surface area (Å²) in [5.74, 6) is 0.381. The molecule has 2 rings (SSSR count). The Hall–Kier alpha value is -2.23. The third kappa shape index (κ3) is 4.88. The van der Waals surface area contributed by atoms with Crippen molar-refractivity contribution in [3.05, 3.63) is 51.5 Å². The second-order valence-electron chi connectivity index (χ2n) is 4.79. The van der Waals surface area contributed by atoms with Crippen LogP contribution in [0.15, 0.2) is 40.9 Å². The molecule has 5 nitrogen and oxygen atoms in total. The van der Waals surface area contributed by atoms with Gasteiger partial charge in [0.05, 0.1) is 34.9 Å². The van der Waals surface area contributed by atoms with Gasteiger partial charge in [-0.25, -0.2) is 0 Å². The van der Waals surface area contributed by atoms with Crippen molar-refractivity contribution >= 4 is 44.8 Å². The molecule has 0 aromatic heterocycles. The van der Waals surface area contributed by atoms with E-state index < -0.39 is 0 Å². The number of benzene rings is 2. The van der Waals surface area contributed by atoms with Gasteiger partial charge in [-0.05, 0) is 59.3 Å². The fourth-order valence-electron chi connectivity index (χ4n) is 1.99. The molecule has 0 aliphatic rings. The predicted molar refractivity (Wildman–Crippen MR) is 98.6 cm³/mol. The zero-order chi connectivity index (χ0) is 17.5. The summed E-state index contributed by atoms with van der Waals surface area (Å²) in [6, 6.07) is 12.1. The molecule has 24 heavy (non-hydrogen) atoms. The van der Waals surface area contributed by atoms with Crippen LogP contribution in [0, 0.1) is 11.3 Å². The lowest BCUT2D eigenvalue weighted by Crippen LogP contribution is -2.22. The summed E-state index contributed by atoms with van der Waals surface area (Å²) < 4.78 is 6.28. The first-order valence-electron chi connectivity index (χ1n) is 7.19. The van der Waals surface area contributed by atoms with E-state index in [1.807, 2.05) is 13.0 Å². The largest absolute Gasteiger partial charge is 0.491 e. The minimum Gasteiger partial charge on any atom is -0.491 e. The summed E-state index contributed by atoms with van der Waals surface area (Å²) in [5, 5.41) is 15.1. The summed E-state index contributed by atoms with van der Waals surface area (Å²) in [5.41, 5.74) is 1.79. The van der Waals surface area contributed by atoms with Crippen LogP contribution in [0.25, 0.3) is 0 Å². The first-order valence-corrected chi connectivity index (χ1v) is 8.36. The van der Waals surface area contributed by atoms with Crippen LogP contribution < -0.4 is 15.4 Å². The SMILES string of the molecule is CCOc1c(Br)cc(Cl)cc1NCC(=O)Nc1ccc(C#N)cc1. The van der Waals surface area contributed by atoms with E-state index in [-0.39, 0.29) is 12.5 Å². The maximum absolute atomic E-state index is 12.1. The van der Waals surface area contributed by atoms with E-state index >= 15 is 0 Å². The Labute approximate surface area is 153 Å². The Balaban J connectivity index is 2.02. The fraction of sp³-hybridized carbons (Fsp3) is 0.176. The second-order valence-corrected chi connectivity index (χ2v) is 6.08. The molecule has 0 fully saturated rings. The predicted octanol–water partition coefficient (Wildman–Crippen LogP) is 4.42. The molecule has 0 saturated heterocycles. The number of nitrogens with one attached hydrogen (secondary N) is 2. The monoisotopic (exact) mass is 407 g/mol. The van der Waals surface area contributed by atoms with Crippen molar-refractivity contribution in [1.29, 1.82) is 5.26 Å².